The molecule has 78 valence electrons. The van der Waals surface area contributed by atoms with Gasteiger partial charge in [0.1, 0.15) is 0 Å². The van der Waals surface area contributed by atoms with Crippen LogP contribution in [-0.2, 0) is 0 Å². The van der Waals surface area contributed by atoms with Crippen LogP contribution < -0.4 is 5.32 Å². The Morgan fingerprint density at radius 2 is 2.08 bits per heavy atom. The zero-order chi connectivity index (χ0) is 9.52. The molecule has 0 amide bonds. The summed E-state index contributed by atoms with van der Waals surface area (Å²) >= 11 is 2.21. The summed E-state index contributed by atoms with van der Waals surface area (Å²) in [6.07, 6.45) is 8.62. The molecule has 13 heavy (non-hydrogen) atoms. The molecule has 1 fully saturated rings. The first-order valence-corrected chi connectivity index (χ1v) is 6.66. The summed E-state index contributed by atoms with van der Waals surface area (Å²) < 4.78 is 0. The van der Waals surface area contributed by atoms with E-state index >= 15 is 0 Å². The van der Waals surface area contributed by atoms with E-state index in [1.807, 2.05) is 0 Å². The molecule has 1 rings (SSSR count). The van der Waals surface area contributed by atoms with Gasteiger partial charge in [-0.2, -0.15) is 11.8 Å². The third kappa shape index (κ3) is 4.92. The van der Waals surface area contributed by atoms with Crippen LogP contribution in [0.1, 0.15) is 45.4 Å². The van der Waals surface area contributed by atoms with E-state index in [0.717, 1.165) is 5.25 Å². The zero-order valence-corrected chi connectivity index (χ0v) is 9.83. The average molecular weight is 201 g/mol. The van der Waals surface area contributed by atoms with Crippen molar-refractivity contribution in [1.82, 2.24) is 5.32 Å². The van der Waals surface area contributed by atoms with Crippen LogP contribution in [0.2, 0.25) is 0 Å². The largest absolute Gasteiger partial charge is 0.317 e. The summed E-state index contributed by atoms with van der Waals surface area (Å²) in [7, 11) is 2.05. The first-order valence-electron chi connectivity index (χ1n) is 5.62. The molecule has 0 bridgehead atoms. The van der Waals surface area contributed by atoms with Crippen molar-refractivity contribution < 1.29 is 0 Å². The van der Waals surface area contributed by atoms with Gasteiger partial charge in [0.15, 0.2) is 0 Å². The molecular weight excluding hydrogens is 178 g/mol. The lowest BCUT2D eigenvalue weighted by atomic mass is 10.2. The van der Waals surface area contributed by atoms with E-state index in [-0.39, 0.29) is 0 Å². The Bertz CT molecular complexity index is 121. The van der Waals surface area contributed by atoms with Gasteiger partial charge in [-0.1, -0.05) is 12.8 Å². The van der Waals surface area contributed by atoms with Gasteiger partial charge in [0, 0.05) is 11.3 Å². The van der Waals surface area contributed by atoms with Gasteiger partial charge in [-0.25, -0.2) is 0 Å². The summed E-state index contributed by atoms with van der Waals surface area (Å²) in [6, 6.07) is 0.698. The number of hydrogen-bond acceptors (Lipinski definition) is 2. The molecule has 0 aliphatic heterocycles. The minimum atomic E-state index is 0.698. The molecule has 0 aromatic heterocycles. The number of hydrogen-bond donors (Lipinski definition) is 1. The molecule has 1 unspecified atom stereocenters. The summed E-state index contributed by atoms with van der Waals surface area (Å²) in [5, 5.41) is 4.29. The van der Waals surface area contributed by atoms with Crippen molar-refractivity contribution in [2.75, 3.05) is 12.8 Å². The molecule has 0 aromatic carbocycles. The van der Waals surface area contributed by atoms with Crippen LogP contribution in [0.15, 0.2) is 0 Å². The molecule has 0 aromatic rings. The Morgan fingerprint density at radius 3 is 2.69 bits per heavy atom. The standard InChI is InChI=1S/C11H23NS/c1-10(12-2)6-5-9-13-11-7-3-4-8-11/h10-12H,3-9H2,1-2H3. The Kier molecular flexibility index (Phi) is 5.88. The van der Waals surface area contributed by atoms with Crippen LogP contribution in [0.25, 0.3) is 0 Å². The third-order valence-corrected chi connectivity index (χ3v) is 4.40. The molecule has 0 saturated heterocycles. The molecule has 1 atom stereocenters. The van der Waals surface area contributed by atoms with Gasteiger partial charge in [0.25, 0.3) is 0 Å². The fourth-order valence-electron chi connectivity index (χ4n) is 1.84. The van der Waals surface area contributed by atoms with Gasteiger partial charge in [0.2, 0.25) is 0 Å². The Labute approximate surface area is 87.1 Å². The van der Waals surface area contributed by atoms with Crippen LogP contribution in [0.3, 0.4) is 0 Å². The molecule has 1 aliphatic carbocycles. The second kappa shape index (κ2) is 6.72. The van der Waals surface area contributed by atoms with Crippen molar-refractivity contribution in [3.63, 3.8) is 0 Å². The highest BCUT2D eigenvalue weighted by molar-refractivity contribution is 7.99. The van der Waals surface area contributed by atoms with Gasteiger partial charge in [-0.3, -0.25) is 0 Å². The SMILES string of the molecule is CNC(C)CCCSC1CCCC1. The van der Waals surface area contributed by atoms with E-state index in [0.29, 0.717) is 6.04 Å². The van der Waals surface area contributed by atoms with Crippen molar-refractivity contribution in [3.05, 3.63) is 0 Å². The molecule has 1 saturated carbocycles. The Balaban J connectivity index is 1.88. The predicted molar refractivity (Wildman–Crippen MR) is 62.5 cm³/mol. The Hall–Kier alpha value is 0.310. The van der Waals surface area contributed by atoms with E-state index in [4.69, 9.17) is 0 Å². The topological polar surface area (TPSA) is 12.0 Å². The summed E-state index contributed by atoms with van der Waals surface area (Å²) in [6.45, 7) is 2.26. The van der Waals surface area contributed by atoms with Gasteiger partial charge in [0.05, 0.1) is 0 Å². The van der Waals surface area contributed by atoms with Crippen molar-refractivity contribution in [2.45, 2.75) is 56.7 Å². The van der Waals surface area contributed by atoms with Crippen molar-refractivity contribution in [2.24, 2.45) is 0 Å². The van der Waals surface area contributed by atoms with E-state index in [1.165, 1.54) is 44.3 Å². The van der Waals surface area contributed by atoms with Gasteiger partial charge in [-0.15, -0.1) is 0 Å². The van der Waals surface area contributed by atoms with E-state index in [2.05, 4.69) is 31.1 Å². The summed E-state index contributed by atoms with van der Waals surface area (Å²) in [5.41, 5.74) is 0. The fourth-order valence-corrected chi connectivity index (χ4v) is 3.17. The van der Waals surface area contributed by atoms with E-state index in [9.17, 15) is 0 Å². The third-order valence-electron chi connectivity index (χ3n) is 2.93. The molecule has 0 radical (unpaired) electrons. The second-order valence-electron chi connectivity index (χ2n) is 4.11. The van der Waals surface area contributed by atoms with Crippen molar-refractivity contribution >= 4 is 11.8 Å². The highest BCUT2D eigenvalue weighted by atomic mass is 32.2. The van der Waals surface area contributed by atoms with Gasteiger partial charge in [-0.05, 0) is 45.4 Å². The molecule has 0 spiro atoms. The monoisotopic (exact) mass is 201 g/mol. The minimum Gasteiger partial charge on any atom is -0.317 e. The zero-order valence-electron chi connectivity index (χ0n) is 9.01. The lowest BCUT2D eigenvalue weighted by Crippen LogP contribution is -2.20. The maximum Gasteiger partial charge on any atom is 0.00470 e. The molecule has 0 heterocycles. The van der Waals surface area contributed by atoms with Crippen molar-refractivity contribution in [1.29, 1.82) is 0 Å². The summed E-state index contributed by atoms with van der Waals surface area (Å²) in [4.78, 5) is 0. The number of thioether (sulfide) groups is 1. The van der Waals surface area contributed by atoms with Crippen LogP contribution in [-0.4, -0.2) is 24.1 Å². The lowest BCUT2D eigenvalue weighted by molar-refractivity contribution is 0.559. The summed E-state index contributed by atoms with van der Waals surface area (Å²) in [5.74, 6) is 1.37. The average Bonchev–Trinajstić information content (AvgIpc) is 2.64. The lowest BCUT2D eigenvalue weighted by Gasteiger charge is -2.11. The number of rotatable bonds is 6. The fraction of sp³-hybridized carbons (Fsp3) is 1.00. The molecule has 1 aliphatic rings. The van der Waals surface area contributed by atoms with Gasteiger partial charge >= 0.3 is 0 Å². The van der Waals surface area contributed by atoms with Crippen LogP contribution >= 0.6 is 11.8 Å². The molecular formula is C11H23NS. The van der Waals surface area contributed by atoms with Crippen LogP contribution in [0, 0.1) is 0 Å². The van der Waals surface area contributed by atoms with Gasteiger partial charge < -0.3 is 5.32 Å². The first kappa shape index (κ1) is 11.4. The normalized spacial score (nSPS) is 20.8. The van der Waals surface area contributed by atoms with E-state index in [1.54, 1.807) is 0 Å². The predicted octanol–water partition coefficient (Wildman–Crippen LogP) is 3.05. The first-order chi connectivity index (χ1) is 6.33. The molecule has 1 N–H and O–H groups in total. The van der Waals surface area contributed by atoms with Crippen molar-refractivity contribution in [3.8, 4) is 0 Å². The smallest absolute Gasteiger partial charge is 0.00470 e. The Morgan fingerprint density at radius 1 is 1.38 bits per heavy atom. The maximum atomic E-state index is 3.28. The number of nitrogens with one attached hydrogen (secondary N) is 1. The maximum absolute atomic E-state index is 3.28. The van der Waals surface area contributed by atoms with Crippen LogP contribution in [0.5, 0.6) is 0 Å². The molecule has 2 heteroatoms. The highest BCUT2D eigenvalue weighted by Crippen LogP contribution is 2.29. The second-order valence-corrected chi connectivity index (χ2v) is 5.52. The highest BCUT2D eigenvalue weighted by Gasteiger charge is 2.14. The quantitative estimate of drug-likeness (QED) is 0.663. The minimum absolute atomic E-state index is 0.698. The van der Waals surface area contributed by atoms with Crippen LogP contribution in [0.4, 0.5) is 0 Å². The molecule has 1 nitrogen and oxygen atoms in total. The van der Waals surface area contributed by atoms with E-state index < -0.39 is 0 Å².